The van der Waals surface area contributed by atoms with E-state index in [1.165, 1.54) is 19.3 Å². The molecule has 7 rings (SSSR count). The average Bonchev–Trinajstić information content (AvgIpc) is 3.23. The number of hydrogen-bond acceptors (Lipinski definition) is 3. The maximum atomic E-state index is 14.2. The van der Waals surface area contributed by atoms with Crippen LogP contribution in [0.1, 0.15) is 62.1 Å². The summed E-state index contributed by atoms with van der Waals surface area (Å²) in [6, 6.07) is 16.4. The molecule has 1 aliphatic heterocycles. The van der Waals surface area contributed by atoms with Crippen molar-refractivity contribution in [3.8, 4) is 5.75 Å². The van der Waals surface area contributed by atoms with E-state index in [9.17, 15) is 4.79 Å². The van der Waals surface area contributed by atoms with Crippen molar-refractivity contribution in [3.63, 3.8) is 0 Å². The first-order valence-electron chi connectivity index (χ1n) is 11.8. The third-order valence-corrected chi connectivity index (χ3v) is 8.82. The van der Waals surface area contributed by atoms with Crippen molar-refractivity contribution in [2.45, 2.75) is 51.0 Å². The summed E-state index contributed by atoms with van der Waals surface area (Å²) in [5.41, 5.74) is 3.01. The second kappa shape index (κ2) is 7.72. The van der Waals surface area contributed by atoms with Crippen LogP contribution in [-0.2, 0) is 4.79 Å². The van der Waals surface area contributed by atoms with Gasteiger partial charge in [0, 0.05) is 10.9 Å². The van der Waals surface area contributed by atoms with Gasteiger partial charge in [-0.25, -0.2) is 5.01 Å². The highest BCUT2D eigenvalue weighted by atomic mass is 79.9. The number of hydrazone groups is 1. The standard InChI is InChI=1S/C27H29BrN2O2/c1-32-23-8-4-20(5-9-23)24-13-25(21-2-6-22(28)7-3-21)30(29-24)26(31)27-14-17-10-18(15-27)12-19(11-17)16-27/h2-9,17-19,25H,10-16H2,1H3/t17?,18?,19?,25-,27?/m0/s1. The van der Waals surface area contributed by atoms with Gasteiger partial charge in [-0.2, -0.15) is 5.10 Å². The maximum Gasteiger partial charge on any atom is 0.249 e. The molecule has 0 aromatic heterocycles. The van der Waals surface area contributed by atoms with Gasteiger partial charge in [0.25, 0.3) is 0 Å². The number of hydrogen-bond donors (Lipinski definition) is 0. The number of amides is 1. The van der Waals surface area contributed by atoms with Crippen LogP contribution >= 0.6 is 15.9 Å². The summed E-state index contributed by atoms with van der Waals surface area (Å²) in [4.78, 5) is 14.2. The molecule has 1 amide bonds. The predicted molar refractivity (Wildman–Crippen MR) is 128 cm³/mol. The molecule has 2 aromatic carbocycles. The van der Waals surface area contributed by atoms with Crippen LogP contribution in [0.5, 0.6) is 5.75 Å². The van der Waals surface area contributed by atoms with Crippen molar-refractivity contribution in [2.24, 2.45) is 28.3 Å². The molecule has 4 aliphatic carbocycles. The number of halogens is 1. The van der Waals surface area contributed by atoms with Gasteiger partial charge >= 0.3 is 0 Å². The van der Waals surface area contributed by atoms with Crippen molar-refractivity contribution in [1.29, 1.82) is 0 Å². The quantitative estimate of drug-likeness (QED) is 0.498. The number of methoxy groups -OCH3 is 1. The first kappa shape index (κ1) is 20.5. The van der Waals surface area contributed by atoms with E-state index in [-0.39, 0.29) is 17.4 Å². The van der Waals surface area contributed by atoms with Crippen molar-refractivity contribution in [2.75, 3.05) is 7.11 Å². The Labute approximate surface area is 198 Å². The van der Waals surface area contributed by atoms with Gasteiger partial charge in [0.2, 0.25) is 5.91 Å². The zero-order valence-electron chi connectivity index (χ0n) is 18.5. The number of rotatable bonds is 4. The first-order valence-corrected chi connectivity index (χ1v) is 12.6. The summed E-state index contributed by atoms with van der Waals surface area (Å²) in [6.45, 7) is 0. The minimum atomic E-state index is -0.193. The van der Waals surface area contributed by atoms with Crippen molar-refractivity contribution in [3.05, 3.63) is 64.1 Å². The lowest BCUT2D eigenvalue weighted by molar-refractivity contribution is -0.159. The third-order valence-electron chi connectivity index (χ3n) is 8.29. The molecular formula is C27H29BrN2O2. The fourth-order valence-electron chi connectivity index (χ4n) is 7.22. The molecule has 0 N–H and O–H groups in total. The van der Waals surface area contributed by atoms with E-state index in [0.29, 0.717) is 0 Å². The molecule has 0 unspecified atom stereocenters. The highest BCUT2D eigenvalue weighted by Gasteiger charge is 2.57. The van der Waals surface area contributed by atoms with Gasteiger partial charge in [-0.05, 0) is 104 Å². The van der Waals surface area contributed by atoms with Gasteiger partial charge in [0.1, 0.15) is 5.75 Å². The molecule has 166 valence electrons. The number of carbonyl (C=O) groups is 1. The van der Waals surface area contributed by atoms with Crippen LogP contribution in [0.3, 0.4) is 0 Å². The fourth-order valence-corrected chi connectivity index (χ4v) is 7.48. The lowest BCUT2D eigenvalue weighted by Gasteiger charge is -2.56. The monoisotopic (exact) mass is 492 g/mol. The highest BCUT2D eigenvalue weighted by Crippen LogP contribution is 2.61. The van der Waals surface area contributed by atoms with E-state index in [1.54, 1.807) is 7.11 Å². The number of benzene rings is 2. The van der Waals surface area contributed by atoms with E-state index >= 15 is 0 Å². The predicted octanol–water partition coefficient (Wildman–Crippen LogP) is 6.35. The molecule has 5 heteroatoms. The molecule has 4 fully saturated rings. The Morgan fingerprint density at radius 1 is 0.969 bits per heavy atom. The van der Waals surface area contributed by atoms with Crippen LogP contribution in [0.4, 0.5) is 0 Å². The molecule has 1 atom stereocenters. The molecule has 32 heavy (non-hydrogen) atoms. The van der Waals surface area contributed by atoms with E-state index in [0.717, 1.165) is 70.5 Å². The van der Waals surface area contributed by atoms with Gasteiger partial charge in [-0.15, -0.1) is 0 Å². The van der Waals surface area contributed by atoms with Crippen LogP contribution in [-0.4, -0.2) is 23.7 Å². The van der Waals surface area contributed by atoms with E-state index in [1.807, 2.05) is 17.1 Å². The van der Waals surface area contributed by atoms with Gasteiger partial charge in [0.15, 0.2) is 0 Å². The van der Waals surface area contributed by atoms with Crippen molar-refractivity contribution >= 4 is 27.5 Å². The van der Waals surface area contributed by atoms with E-state index in [2.05, 4.69) is 52.3 Å². The second-order valence-electron chi connectivity index (χ2n) is 10.4. The normalized spacial score (nSPS) is 32.8. The van der Waals surface area contributed by atoms with Crippen LogP contribution in [0, 0.1) is 23.2 Å². The highest BCUT2D eigenvalue weighted by molar-refractivity contribution is 9.10. The summed E-state index contributed by atoms with van der Waals surface area (Å²) in [5, 5.41) is 6.87. The lowest BCUT2D eigenvalue weighted by Crippen LogP contribution is -2.53. The second-order valence-corrected chi connectivity index (χ2v) is 11.3. The van der Waals surface area contributed by atoms with Gasteiger partial charge in [-0.3, -0.25) is 4.79 Å². The molecule has 4 saturated carbocycles. The van der Waals surface area contributed by atoms with Crippen molar-refractivity contribution in [1.82, 2.24) is 5.01 Å². The maximum absolute atomic E-state index is 14.2. The molecule has 0 saturated heterocycles. The molecule has 0 spiro atoms. The Bertz CT molecular complexity index is 1020. The summed E-state index contributed by atoms with van der Waals surface area (Å²) < 4.78 is 6.37. The zero-order valence-corrected chi connectivity index (χ0v) is 20.1. The minimum absolute atomic E-state index is 0.0410. The van der Waals surface area contributed by atoms with Gasteiger partial charge in [-0.1, -0.05) is 28.1 Å². The Balaban J connectivity index is 1.36. The average molecular weight is 493 g/mol. The summed E-state index contributed by atoms with van der Waals surface area (Å²) >= 11 is 3.55. The molecule has 0 radical (unpaired) electrons. The molecular weight excluding hydrogens is 464 g/mol. The largest absolute Gasteiger partial charge is 0.497 e. The summed E-state index contributed by atoms with van der Waals surface area (Å²) in [5.74, 6) is 3.32. The molecule has 4 nitrogen and oxygen atoms in total. The van der Waals surface area contributed by atoms with Crippen molar-refractivity contribution < 1.29 is 9.53 Å². The fraction of sp³-hybridized carbons (Fsp3) is 0.481. The summed E-state index contributed by atoms with van der Waals surface area (Å²) in [6.07, 6.45) is 7.94. The topological polar surface area (TPSA) is 41.9 Å². The Morgan fingerprint density at radius 2 is 1.56 bits per heavy atom. The van der Waals surface area contributed by atoms with Crippen LogP contribution in [0.25, 0.3) is 0 Å². The Hall–Kier alpha value is -2.14. The first-order chi connectivity index (χ1) is 15.5. The number of nitrogens with zero attached hydrogens (tertiary/aromatic N) is 2. The molecule has 4 bridgehead atoms. The lowest BCUT2D eigenvalue weighted by atomic mass is 9.49. The minimum Gasteiger partial charge on any atom is -0.497 e. The zero-order chi connectivity index (χ0) is 21.9. The third kappa shape index (κ3) is 3.40. The van der Waals surface area contributed by atoms with E-state index < -0.39 is 0 Å². The smallest absolute Gasteiger partial charge is 0.249 e. The SMILES string of the molecule is COc1ccc(C2=NN(C(=O)C34CC5CC(CC(C5)C3)C4)[C@H](c3ccc(Br)cc3)C2)cc1. The van der Waals surface area contributed by atoms with Gasteiger partial charge in [0.05, 0.1) is 24.3 Å². The number of ether oxygens (including phenoxy) is 1. The molecule has 5 aliphatic rings. The molecule has 1 heterocycles. The molecule has 2 aromatic rings. The van der Waals surface area contributed by atoms with E-state index in [4.69, 9.17) is 9.84 Å². The number of carbonyl (C=O) groups excluding carboxylic acids is 1. The van der Waals surface area contributed by atoms with Crippen LogP contribution < -0.4 is 4.74 Å². The van der Waals surface area contributed by atoms with Gasteiger partial charge < -0.3 is 4.74 Å². The Kier molecular flexibility index (Phi) is 4.94. The van der Waals surface area contributed by atoms with Crippen LogP contribution in [0.2, 0.25) is 0 Å². The summed E-state index contributed by atoms with van der Waals surface area (Å²) in [7, 11) is 1.68. The van der Waals surface area contributed by atoms with Crippen LogP contribution in [0.15, 0.2) is 58.1 Å². The Morgan fingerprint density at radius 3 is 2.12 bits per heavy atom.